The molecule has 0 aliphatic heterocycles. The average molecular weight is 312 g/mol. The lowest BCUT2D eigenvalue weighted by Gasteiger charge is -2.15. The highest BCUT2D eigenvalue weighted by atomic mass is 19.1. The Balaban J connectivity index is 2.53. The molecule has 0 atom stereocenters. The van der Waals surface area contributed by atoms with Crippen LogP contribution in [0.25, 0.3) is 22.0 Å². The lowest BCUT2D eigenvalue weighted by atomic mass is 9.98. The number of hydrogen-bond donors (Lipinski definition) is 0. The van der Waals surface area contributed by atoms with Crippen molar-refractivity contribution in [1.29, 1.82) is 0 Å². The highest BCUT2D eigenvalue weighted by molar-refractivity contribution is 5.97. The maximum absolute atomic E-state index is 14.8. The zero-order valence-corrected chi connectivity index (χ0v) is 13.5. The first kappa shape index (κ1) is 15.2. The summed E-state index contributed by atoms with van der Waals surface area (Å²) in [4.78, 5) is 17.0. The molecule has 0 aliphatic rings. The number of hydrogen-bond acceptors (Lipinski definition) is 3. The number of rotatable bonds is 2. The summed E-state index contributed by atoms with van der Waals surface area (Å²) >= 11 is 0. The van der Waals surface area contributed by atoms with Gasteiger partial charge in [0.1, 0.15) is 11.6 Å². The molecule has 23 heavy (non-hydrogen) atoms. The van der Waals surface area contributed by atoms with Crippen LogP contribution in [-0.4, -0.2) is 16.7 Å². The second kappa shape index (κ2) is 5.50. The van der Waals surface area contributed by atoms with Crippen LogP contribution in [-0.2, 0) is 7.05 Å². The summed E-state index contributed by atoms with van der Waals surface area (Å²) in [5.41, 5.74) is 2.05. The number of fused-ring (bicyclic) bond motifs is 1. The molecular weight excluding hydrogens is 295 g/mol. The monoisotopic (exact) mass is 312 g/mol. The van der Waals surface area contributed by atoms with Crippen molar-refractivity contribution in [3.63, 3.8) is 0 Å². The van der Waals surface area contributed by atoms with E-state index >= 15 is 0 Å². The largest absolute Gasteiger partial charge is 0.496 e. The van der Waals surface area contributed by atoms with E-state index in [9.17, 15) is 9.18 Å². The molecule has 0 N–H and O–H groups in total. The van der Waals surface area contributed by atoms with Crippen LogP contribution in [0, 0.1) is 19.7 Å². The minimum absolute atomic E-state index is 0.184. The lowest BCUT2D eigenvalue weighted by Crippen LogP contribution is -2.22. The predicted octanol–water partition coefficient (Wildman–Crippen LogP) is 3.37. The number of halogens is 1. The van der Waals surface area contributed by atoms with Crippen LogP contribution in [0.1, 0.15) is 11.3 Å². The molecule has 0 aliphatic carbocycles. The molecule has 0 amide bonds. The van der Waals surface area contributed by atoms with Gasteiger partial charge in [-0.1, -0.05) is 6.07 Å². The molecule has 1 aromatic carbocycles. The summed E-state index contributed by atoms with van der Waals surface area (Å²) in [6.07, 6.45) is 1.59. The quantitative estimate of drug-likeness (QED) is 0.729. The summed E-state index contributed by atoms with van der Waals surface area (Å²) in [6, 6.07) is 6.82. The molecule has 0 radical (unpaired) electrons. The molecule has 3 aromatic rings. The highest BCUT2D eigenvalue weighted by Gasteiger charge is 2.21. The van der Waals surface area contributed by atoms with Gasteiger partial charge >= 0.3 is 0 Å². The van der Waals surface area contributed by atoms with Gasteiger partial charge < -0.3 is 9.30 Å². The minimum Gasteiger partial charge on any atom is -0.496 e. The van der Waals surface area contributed by atoms with Crippen molar-refractivity contribution in [2.75, 3.05) is 7.11 Å². The van der Waals surface area contributed by atoms with Crippen LogP contribution < -0.4 is 10.3 Å². The SMILES string of the molecule is COc1cc(C)n(C)c(=O)c1-c1c(F)cc(C)c2cccnc12. The van der Waals surface area contributed by atoms with Crippen LogP contribution in [0.4, 0.5) is 4.39 Å². The molecule has 0 fully saturated rings. The zero-order valence-electron chi connectivity index (χ0n) is 13.5. The lowest BCUT2D eigenvalue weighted by molar-refractivity contribution is 0.413. The maximum Gasteiger partial charge on any atom is 0.262 e. The molecule has 118 valence electrons. The molecular formula is C18H17FN2O2. The predicted molar refractivity (Wildman–Crippen MR) is 88.4 cm³/mol. The highest BCUT2D eigenvalue weighted by Crippen LogP contribution is 2.35. The van der Waals surface area contributed by atoms with E-state index < -0.39 is 5.82 Å². The van der Waals surface area contributed by atoms with Gasteiger partial charge in [0.25, 0.3) is 5.56 Å². The van der Waals surface area contributed by atoms with E-state index in [1.807, 2.05) is 13.0 Å². The number of pyridine rings is 2. The number of ether oxygens (including phenoxy) is 1. The third kappa shape index (κ3) is 2.29. The second-order valence-electron chi connectivity index (χ2n) is 5.54. The Hall–Kier alpha value is -2.69. The van der Waals surface area contributed by atoms with E-state index in [1.165, 1.54) is 17.7 Å². The molecule has 0 saturated carbocycles. The molecule has 2 aromatic heterocycles. The summed E-state index contributed by atoms with van der Waals surface area (Å²) in [7, 11) is 3.13. The molecule has 0 bridgehead atoms. The fourth-order valence-corrected chi connectivity index (χ4v) is 2.80. The van der Waals surface area contributed by atoms with E-state index in [2.05, 4.69) is 4.98 Å². The van der Waals surface area contributed by atoms with Gasteiger partial charge in [0, 0.05) is 30.4 Å². The molecule has 4 nitrogen and oxygen atoms in total. The Morgan fingerprint density at radius 2 is 1.96 bits per heavy atom. The molecule has 0 saturated heterocycles. The summed E-state index contributed by atoms with van der Waals surface area (Å²) in [6.45, 7) is 3.62. The number of aromatic nitrogens is 2. The van der Waals surface area contributed by atoms with Crippen LogP contribution in [0.3, 0.4) is 0 Å². The number of benzene rings is 1. The first-order valence-corrected chi connectivity index (χ1v) is 7.24. The van der Waals surface area contributed by atoms with Crippen molar-refractivity contribution in [1.82, 2.24) is 9.55 Å². The van der Waals surface area contributed by atoms with Gasteiger partial charge in [-0.15, -0.1) is 0 Å². The average Bonchev–Trinajstić information content (AvgIpc) is 2.54. The van der Waals surface area contributed by atoms with Gasteiger partial charge in [-0.3, -0.25) is 9.78 Å². The van der Waals surface area contributed by atoms with Gasteiger partial charge in [-0.05, 0) is 31.5 Å². The Kier molecular flexibility index (Phi) is 3.64. The maximum atomic E-state index is 14.8. The van der Waals surface area contributed by atoms with E-state index in [4.69, 9.17) is 4.74 Å². The Morgan fingerprint density at radius 3 is 2.65 bits per heavy atom. The van der Waals surface area contributed by atoms with Gasteiger partial charge in [-0.2, -0.15) is 0 Å². The van der Waals surface area contributed by atoms with Crippen molar-refractivity contribution in [3.8, 4) is 16.9 Å². The molecule has 3 rings (SSSR count). The van der Waals surface area contributed by atoms with Crippen LogP contribution in [0.15, 0.2) is 35.3 Å². The Bertz CT molecular complexity index is 977. The smallest absolute Gasteiger partial charge is 0.262 e. The third-order valence-electron chi connectivity index (χ3n) is 4.16. The van der Waals surface area contributed by atoms with E-state index in [0.717, 1.165) is 16.6 Å². The van der Waals surface area contributed by atoms with Crippen LogP contribution >= 0.6 is 0 Å². The fraction of sp³-hybridized carbons (Fsp3) is 0.222. The van der Waals surface area contributed by atoms with Gasteiger partial charge in [-0.25, -0.2) is 4.39 Å². The Labute approximate surface area is 133 Å². The number of nitrogens with zero attached hydrogens (tertiary/aromatic N) is 2. The normalized spacial score (nSPS) is 11.0. The van der Waals surface area contributed by atoms with Crippen molar-refractivity contribution in [2.24, 2.45) is 7.05 Å². The van der Waals surface area contributed by atoms with Crippen LogP contribution in [0.5, 0.6) is 5.75 Å². The van der Waals surface area contributed by atoms with Gasteiger partial charge in [0.05, 0.1) is 23.8 Å². The van der Waals surface area contributed by atoms with Crippen molar-refractivity contribution in [2.45, 2.75) is 13.8 Å². The standard InChI is InChI=1S/C18H17FN2O2/c1-10-8-13(19)15(17-12(10)6-5-7-20-17)16-14(23-4)9-11(2)21(3)18(16)22/h5-9H,1-4H3. The second-order valence-corrected chi connectivity index (χ2v) is 5.54. The number of aryl methyl sites for hydroxylation is 2. The molecule has 5 heteroatoms. The first-order valence-electron chi connectivity index (χ1n) is 7.24. The van der Waals surface area contributed by atoms with Crippen LogP contribution in [0.2, 0.25) is 0 Å². The first-order chi connectivity index (χ1) is 11.0. The molecule has 2 heterocycles. The summed E-state index contributed by atoms with van der Waals surface area (Å²) in [5, 5.41) is 0.814. The van der Waals surface area contributed by atoms with E-state index in [-0.39, 0.29) is 16.7 Å². The van der Waals surface area contributed by atoms with Gasteiger partial charge in [0.2, 0.25) is 0 Å². The number of methoxy groups -OCH3 is 1. The Morgan fingerprint density at radius 1 is 1.22 bits per heavy atom. The topological polar surface area (TPSA) is 44.1 Å². The summed E-state index contributed by atoms with van der Waals surface area (Å²) in [5.74, 6) is -0.131. The third-order valence-corrected chi connectivity index (χ3v) is 4.16. The fourth-order valence-electron chi connectivity index (χ4n) is 2.80. The van der Waals surface area contributed by atoms with E-state index in [0.29, 0.717) is 11.3 Å². The molecule has 0 spiro atoms. The van der Waals surface area contributed by atoms with Crippen molar-refractivity contribution >= 4 is 10.9 Å². The minimum atomic E-state index is -0.479. The van der Waals surface area contributed by atoms with Crippen molar-refractivity contribution in [3.05, 3.63) is 57.9 Å². The van der Waals surface area contributed by atoms with Gasteiger partial charge in [0.15, 0.2) is 0 Å². The van der Waals surface area contributed by atoms with Crippen molar-refractivity contribution < 1.29 is 9.13 Å². The zero-order chi connectivity index (χ0) is 16.7. The molecule has 0 unspecified atom stereocenters. The summed E-state index contributed by atoms with van der Waals surface area (Å²) < 4.78 is 21.6. The van der Waals surface area contributed by atoms with E-state index in [1.54, 1.807) is 32.3 Å².